The number of benzene rings is 1. The van der Waals surface area contributed by atoms with E-state index in [1.54, 1.807) is 0 Å². The number of nitrogens with one attached hydrogen (secondary N) is 2. The number of hydrogen-bond acceptors (Lipinski definition) is 6. The molecule has 2 N–H and O–H groups in total. The Morgan fingerprint density at radius 1 is 1.12 bits per heavy atom. The van der Waals surface area contributed by atoms with Gasteiger partial charge in [0, 0.05) is 30.5 Å². The molecule has 33 heavy (non-hydrogen) atoms. The van der Waals surface area contributed by atoms with Gasteiger partial charge >= 0.3 is 6.03 Å². The van der Waals surface area contributed by atoms with Gasteiger partial charge in [-0.1, -0.05) is 31.5 Å². The van der Waals surface area contributed by atoms with Crippen molar-refractivity contribution in [1.29, 1.82) is 0 Å². The Labute approximate surface area is 195 Å². The molecule has 1 saturated carbocycles. The fourth-order valence-corrected chi connectivity index (χ4v) is 6.21. The van der Waals surface area contributed by atoms with Crippen LogP contribution in [0.4, 0.5) is 10.5 Å². The van der Waals surface area contributed by atoms with Gasteiger partial charge in [0.15, 0.2) is 18.2 Å². The molecule has 8 heteroatoms. The van der Waals surface area contributed by atoms with Crippen LogP contribution in [-0.4, -0.2) is 43.2 Å². The third kappa shape index (κ3) is 4.17. The van der Waals surface area contributed by atoms with Crippen LogP contribution >= 0.6 is 0 Å². The molecule has 182 valence electrons. The van der Waals surface area contributed by atoms with Crippen molar-refractivity contribution in [3.63, 3.8) is 0 Å². The summed E-state index contributed by atoms with van der Waals surface area (Å²) in [7, 11) is 0. The lowest BCUT2D eigenvalue weighted by Crippen LogP contribution is -2.70. The number of carbonyl (C=O) groups excluding carboxylic acids is 1. The fraction of sp³-hybridized carbons (Fsp3) is 0.720. The monoisotopic (exact) mass is 460 g/mol. The largest absolute Gasteiger partial charge is 0.350 e. The molecule has 5 aliphatic rings. The molecular weight excluding hydrogens is 424 g/mol. The minimum atomic E-state index is -0.793. The number of aryl methyl sites for hydroxylation is 1. The molecule has 1 aliphatic carbocycles. The first kappa shape index (κ1) is 23.1. The number of hydrogen-bond donors (Lipinski definition) is 2. The maximum Gasteiger partial charge on any atom is 0.319 e. The number of amides is 2. The first-order chi connectivity index (χ1) is 15.8. The second kappa shape index (κ2) is 8.82. The third-order valence-corrected chi connectivity index (χ3v) is 8.08. The summed E-state index contributed by atoms with van der Waals surface area (Å²) in [4.78, 5) is 24.2. The Morgan fingerprint density at radius 2 is 1.91 bits per heavy atom. The number of urea groups is 1. The van der Waals surface area contributed by atoms with Crippen LogP contribution in [-0.2, 0) is 24.0 Å². The average molecular weight is 461 g/mol. The van der Waals surface area contributed by atoms with Crippen molar-refractivity contribution in [2.45, 2.75) is 77.3 Å². The Hall–Kier alpha value is -1.71. The second-order valence-electron chi connectivity index (χ2n) is 10.4. The summed E-state index contributed by atoms with van der Waals surface area (Å²) in [6.07, 6.45) is 3.03. The normalized spacial score (nSPS) is 41.7. The molecule has 4 heterocycles. The zero-order valence-electron chi connectivity index (χ0n) is 20.0. The van der Waals surface area contributed by atoms with Crippen LogP contribution in [0.3, 0.4) is 0 Å². The van der Waals surface area contributed by atoms with Gasteiger partial charge in [-0.3, -0.25) is 0 Å². The van der Waals surface area contributed by atoms with E-state index in [9.17, 15) is 4.79 Å². The van der Waals surface area contributed by atoms with Gasteiger partial charge in [-0.25, -0.2) is 14.6 Å². The van der Waals surface area contributed by atoms with Crippen molar-refractivity contribution >= 4 is 11.7 Å². The first-order valence-electron chi connectivity index (χ1n) is 12.2. The van der Waals surface area contributed by atoms with Crippen molar-refractivity contribution in [2.24, 2.45) is 23.7 Å². The first-order valence-corrected chi connectivity index (χ1v) is 12.2. The highest BCUT2D eigenvalue weighted by atomic mass is 17.3. The molecular formula is C25H36N2O6. The highest BCUT2D eigenvalue weighted by Crippen LogP contribution is 2.60. The fourth-order valence-electron chi connectivity index (χ4n) is 6.21. The highest BCUT2D eigenvalue weighted by Gasteiger charge is 2.69. The van der Waals surface area contributed by atoms with Gasteiger partial charge in [-0.05, 0) is 57.1 Å². The Balaban J connectivity index is 1.19. The SMILES string of the molecule is Cc1ccc(NC(=O)NCCO[C@@H]2O[C@@H]3O[C@]4(C)CC[C@H]5[C@H](C)CC[C@@H]([C@H]2C)[C@@]35OO4)cc1. The maximum atomic E-state index is 12.2. The highest BCUT2D eigenvalue weighted by molar-refractivity contribution is 5.89. The van der Waals surface area contributed by atoms with Crippen molar-refractivity contribution in [2.75, 3.05) is 18.5 Å². The maximum absolute atomic E-state index is 12.2. The molecule has 2 amide bonds. The topological polar surface area (TPSA) is 87.3 Å². The molecule has 8 atom stereocenters. The minimum absolute atomic E-state index is 0.118. The van der Waals surface area contributed by atoms with E-state index < -0.39 is 24.0 Å². The Morgan fingerprint density at radius 3 is 2.70 bits per heavy atom. The van der Waals surface area contributed by atoms with Crippen LogP contribution in [0, 0.1) is 30.6 Å². The summed E-state index contributed by atoms with van der Waals surface area (Å²) in [5.74, 6) is 0.412. The van der Waals surface area contributed by atoms with Crippen LogP contribution in [0.15, 0.2) is 24.3 Å². The number of anilines is 1. The van der Waals surface area contributed by atoms with Crippen LogP contribution in [0.25, 0.3) is 0 Å². The molecule has 0 radical (unpaired) electrons. The van der Waals surface area contributed by atoms with Gasteiger partial charge in [-0.15, -0.1) is 0 Å². The van der Waals surface area contributed by atoms with E-state index in [-0.39, 0.29) is 17.9 Å². The summed E-state index contributed by atoms with van der Waals surface area (Å²) in [5.41, 5.74) is 1.32. The molecule has 0 aromatic heterocycles. The lowest BCUT2D eigenvalue weighted by Gasteiger charge is -2.60. The van der Waals surface area contributed by atoms with Gasteiger partial charge < -0.3 is 24.8 Å². The molecule has 4 saturated heterocycles. The number of rotatable bonds is 5. The number of carbonyl (C=O) groups is 1. The summed E-state index contributed by atoms with van der Waals surface area (Å²) in [6, 6.07) is 7.42. The quantitative estimate of drug-likeness (QED) is 0.502. The summed E-state index contributed by atoms with van der Waals surface area (Å²) in [6.45, 7) is 9.12. The van der Waals surface area contributed by atoms with Crippen molar-refractivity contribution in [3.05, 3.63) is 29.8 Å². The van der Waals surface area contributed by atoms with Gasteiger partial charge in [0.1, 0.15) is 0 Å². The van der Waals surface area contributed by atoms with Crippen molar-refractivity contribution in [3.8, 4) is 0 Å². The molecule has 1 spiro atoms. The van der Waals surface area contributed by atoms with E-state index >= 15 is 0 Å². The molecule has 4 aliphatic heterocycles. The molecule has 8 nitrogen and oxygen atoms in total. The van der Waals surface area contributed by atoms with E-state index in [4.69, 9.17) is 24.0 Å². The van der Waals surface area contributed by atoms with Crippen LogP contribution < -0.4 is 10.6 Å². The van der Waals surface area contributed by atoms with Crippen LogP contribution in [0.2, 0.25) is 0 Å². The van der Waals surface area contributed by atoms with Crippen LogP contribution in [0.1, 0.15) is 52.0 Å². The van der Waals surface area contributed by atoms with E-state index in [0.717, 1.165) is 36.9 Å². The molecule has 0 unspecified atom stereocenters. The molecule has 6 rings (SSSR count). The second-order valence-corrected chi connectivity index (χ2v) is 10.4. The summed E-state index contributed by atoms with van der Waals surface area (Å²) < 4.78 is 18.9. The van der Waals surface area contributed by atoms with Gasteiger partial charge in [0.2, 0.25) is 5.79 Å². The van der Waals surface area contributed by atoms with Crippen molar-refractivity contribution in [1.82, 2.24) is 5.32 Å². The van der Waals surface area contributed by atoms with Crippen molar-refractivity contribution < 1.29 is 28.8 Å². The zero-order chi connectivity index (χ0) is 23.2. The van der Waals surface area contributed by atoms with Crippen LogP contribution in [0.5, 0.6) is 0 Å². The number of ether oxygens (including phenoxy) is 3. The number of fused-ring (bicyclic) bond motifs is 2. The lowest BCUT2D eigenvalue weighted by molar-refractivity contribution is -0.577. The summed E-state index contributed by atoms with van der Waals surface area (Å²) >= 11 is 0. The van der Waals surface area contributed by atoms with Gasteiger partial charge in [0.25, 0.3) is 0 Å². The van der Waals surface area contributed by atoms with E-state index in [1.165, 1.54) is 0 Å². The Bertz CT molecular complexity index is 865. The summed E-state index contributed by atoms with van der Waals surface area (Å²) in [5, 5.41) is 5.67. The van der Waals surface area contributed by atoms with Gasteiger partial charge in [-0.2, -0.15) is 0 Å². The standard InChI is InChI=1S/C25H36N2O6/c1-15-5-8-18(9-6-15)27-23(28)26-13-14-29-21-17(3)20-10-7-16(2)19-11-12-24(4)31-22(30-21)25(19,20)33-32-24/h5-6,8-9,16-17,19-22H,7,10-14H2,1-4H3,(H2,26,27,28)/t16-,17-,19+,20+,21-,22-,24+,25-/m1/s1. The molecule has 1 aromatic carbocycles. The molecule has 2 bridgehead atoms. The smallest absolute Gasteiger partial charge is 0.319 e. The predicted molar refractivity (Wildman–Crippen MR) is 121 cm³/mol. The molecule has 1 aromatic rings. The van der Waals surface area contributed by atoms with E-state index in [2.05, 4.69) is 24.5 Å². The lowest BCUT2D eigenvalue weighted by atomic mass is 9.58. The average Bonchev–Trinajstić information content (AvgIpc) is 3.02. The predicted octanol–water partition coefficient (Wildman–Crippen LogP) is 4.34. The third-order valence-electron chi connectivity index (χ3n) is 8.08. The zero-order valence-corrected chi connectivity index (χ0v) is 20.0. The Kier molecular flexibility index (Phi) is 6.16. The van der Waals surface area contributed by atoms with Gasteiger partial charge in [0.05, 0.1) is 6.61 Å². The molecule has 5 fully saturated rings. The van der Waals surface area contributed by atoms with E-state index in [0.29, 0.717) is 25.0 Å². The van der Waals surface area contributed by atoms with E-state index in [1.807, 2.05) is 38.1 Å². The minimum Gasteiger partial charge on any atom is -0.350 e.